The Hall–Kier alpha value is -1.32. The normalized spacial score (nSPS) is 12.8. The topological polar surface area (TPSA) is 55.4 Å². The SMILES string of the molecule is C=CC(C)NC(=O)CCC(=O)OC(C)(C)C. The van der Waals surface area contributed by atoms with Gasteiger partial charge in [-0.15, -0.1) is 6.58 Å². The van der Waals surface area contributed by atoms with Crippen molar-refractivity contribution in [2.45, 2.75) is 52.2 Å². The van der Waals surface area contributed by atoms with Gasteiger partial charge in [-0.25, -0.2) is 0 Å². The molecular weight excluding hydrogens is 206 g/mol. The first kappa shape index (κ1) is 14.7. The Balaban J connectivity index is 3.84. The Morgan fingerprint density at radius 2 is 1.94 bits per heavy atom. The number of ether oxygens (including phenoxy) is 1. The molecule has 0 saturated heterocycles. The molecule has 1 unspecified atom stereocenters. The van der Waals surface area contributed by atoms with Gasteiger partial charge < -0.3 is 10.1 Å². The van der Waals surface area contributed by atoms with Crippen molar-refractivity contribution in [1.29, 1.82) is 0 Å². The lowest BCUT2D eigenvalue weighted by molar-refractivity contribution is -0.155. The van der Waals surface area contributed by atoms with Gasteiger partial charge in [0.05, 0.1) is 6.42 Å². The molecule has 0 bridgehead atoms. The summed E-state index contributed by atoms with van der Waals surface area (Å²) in [6.45, 7) is 10.8. The highest BCUT2D eigenvalue weighted by molar-refractivity contribution is 5.81. The highest BCUT2D eigenvalue weighted by Gasteiger charge is 2.17. The van der Waals surface area contributed by atoms with E-state index in [1.54, 1.807) is 26.8 Å². The summed E-state index contributed by atoms with van der Waals surface area (Å²) < 4.78 is 5.08. The largest absolute Gasteiger partial charge is 0.460 e. The van der Waals surface area contributed by atoms with Gasteiger partial charge in [-0.1, -0.05) is 6.08 Å². The monoisotopic (exact) mass is 227 g/mol. The molecule has 92 valence electrons. The molecular formula is C12H21NO3. The Morgan fingerprint density at radius 1 is 1.38 bits per heavy atom. The van der Waals surface area contributed by atoms with Crippen molar-refractivity contribution >= 4 is 11.9 Å². The minimum Gasteiger partial charge on any atom is -0.460 e. The van der Waals surface area contributed by atoms with E-state index in [0.29, 0.717) is 0 Å². The third kappa shape index (κ3) is 8.03. The highest BCUT2D eigenvalue weighted by atomic mass is 16.6. The van der Waals surface area contributed by atoms with Crippen LogP contribution < -0.4 is 5.32 Å². The first-order valence-corrected chi connectivity index (χ1v) is 5.38. The fourth-order valence-corrected chi connectivity index (χ4v) is 0.993. The van der Waals surface area contributed by atoms with Gasteiger partial charge in [0.2, 0.25) is 5.91 Å². The first-order chi connectivity index (χ1) is 7.24. The Labute approximate surface area is 97.1 Å². The second kappa shape index (κ2) is 6.30. The summed E-state index contributed by atoms with van der Waals surface area (Å²) in [6, 6.07) is -0.0777. The third-order valence-electron chi connectivity index (χ3n) is 1.72. The van der Waals surface area contributed by atoms with E-state index in [9.17, 15) is 9.59 Å². The fraction of sp³-hybridized carbons (Fsp3) is 0.667. The van der Waals surface area contributed by atoms with Gasteiger partial charge in [0.25, 0.3) is 0 Å². The van der Waals surface area contributed by atoms with E-state index in [2.05, 4.69) is 11.9 Å². The van der Waals surface area contributed by atoms with Gasteiger partial charge in [0.1, 0.15) is 5.60 Å². The molecule has 0 radical (unpaired) electrons. The van der Waals surface area contributed by atoms with Gasteiger partial charge in [-0.2, -0.15) is 0 Å². The van der Waals surface area contributed by atoms with Crippen molar-refractivity contribution in [1.82, 2.24) is 5.32 Å². The Kier molecular flexibility index (Phi) is 5.78. The van der Waals surface area contributed by atoms with E-state index in [0.717, 1.165) is 0 Å². The Morgan fingerprint density at radius 3 is 2.38 bits per heavy atom. The van der Waals surface area contributed by atoms with Crippen LogP contribution in [0.5, 0.6) is 0 Å². The highest BCUT2D eigenvalue weighted by Crippen LogP contribution is 2.09. The number of amides is 1. The predicted molar refractivity (Wildman–Crippen MR) is 62.9 cm³/mol. The van der Waals surface area contributed by atoms with Gasteiger partial charge in [-0.3, -0.25) is 9.59 Å². The molecule has 0 aromatic heterocycles. The zero-order chi connectivity index (χ0) is 12.8. The van der Waals surface area contributed by atoms with E-state index in [1.807, 2.05) is 6.92 Å². The smallest absolute Gasteiger partial charge is 0.306 e. The first-order valence-electron chi connectivity index (χ1n) is 5.38. The van der Waals surface area contributed by atoms with Gasteiger partial charge >= 0.3 is 5.97 Å². The van der Waals surface area contributed by atoms with E-state index >= 15 is 0 Å². The summed E-state index contributed by atoms with van der Waals surface area (Å²) in [5.74, 6) is -0.521. The molecule has 0 rings (SSSR count). The third-order valence-corrected chi connectivity index (χ3v) is 1.72. The van der Waals surface area contributed by atoms with Crippen LogP contribution in [0.25, 0.3) is 0 Å². The number of carbonyl (C=O) groups is 2. The van der Waals surface area contributed by atoms with Gasteiger partial charge in [0.15, 0.2) is 0 Å². The van der Waals surface area contributed by atoms with Crippen LogP contribution in [-0.2, 0) is 14.3 Å². The molecule has 0 aliphatic carbocycles. The number of nitrogens with one attached hydrogen (secondary N) is 1. The van der Waals surface area contributed by atoms with E-state index in [1.165, 1.54) is 0 Å². The molecule has 1 amide bonds. The van der Waals surface area contributed by atoms with Crippen LogP contribution in [0.3, 0.4) is 0 Å². The second-order valence-electron chi connectivity index (χ2n) is 4.68. The minimum atomic E-state index is -0.498. The predicted octanol–water partition coefficient (Wildman–Crippen LogP) is 1.80. The molecule has 0 aromatic rings. The quantitative estimate of drug-likeness (QED) is 0.575. The maximum atomic E-state index is 11.3. The van der Waals surface area contributed by atoms with Crippen LogP contribution in [0.2, 0.25) is 0 Å². The summed E-state index contributed by atoms with van der Waals surface area (Å²) >= 11 is 0. The molecule has 0 saturated carbocycles. The molecule has 0 fully saturated rings. The molecule has 1 N–H and O–H groups in total. The molecule has 0 aliphatic heterocycles. The van der Waals surface area contributed by atoms with Crippen molar-refractivity contribution in [3.8, 4) is 0 Å². The number of carbonyl (C=O) groups excluding carboxylic acids is 2. The average molecular weight is 227 g/mol. The average Bonchev–Trinajstić information content (AvgIpc) is 2.12. The summed E-state index contributed by atoms with van der Waals surface area (Å²) in [6.07, 6.45) is 1.88. The van der Waals surface area contributed by atoms with E-state index < -0.39 is 5.60 Å². The maximum absolute atomic E-state index is 11.3. The standard InChI is InChI=1S/C12H21NO3/c1-6-9(2)13-10(14)7-8-11(15)16-12(3,4)5/h6,9H,1,7-8H2,2-5H3,(H,13,14). The summed E-state index contributed by atoms with van der Waals surface area (Å²) in [5.41, 5.74) is -0.498. The van der Waals surface area contributed by atoms with Crippen LogP contribution in [-0.4, -0.2) is 23.5 Å². The van der Waals surface area contributed by atoms with Crippen molar-refractivity contribution in [3.63, 3.8) is 0 Å². The van der Waals surface area contributed by atoms with Crippen LogP contribution in [0.1, 0.15) is 40.5 Å². The van der Waals surface area contributed by atoms with Crippen LogP contribution in [0.4, 0.5) is 0 Å². The summed E-state index contributed by atoms with van der Waals surface area (Å²) in [4.78, 5) is 22.6. The number of hydrogen-bond donors (Lipinski definition) is 1. The number of esters is 1. The molecule has 4 heteroatoms. The van der Waals surface area contributed by atoms with E-state index in [-0.39, 0.29) is 30.8 Å². The van der Waals surface area contributed by atoms with Crippen LogP contribution in [0.15, 0.2) is 12.7 Å². The molecule has 0 heterocycles. The fourth-order valence-electron chi connectivity index (χ4n) is 0.993. The van der Waals surface area contributed by atoms with Crippen molar-refractivity contribution in [2.24, 2.45) is 0 Å². The molecule has 16 heavy (non-hydrogen) atoms. The number of hydrogen-bond acceptors (Lipinski definition) is 3. The van der Waals surface area contributed by atoms with Crippen molar-refractivity contribution < 1.29 is 14.3 Å². The van der Waals surface area contributed by atoms with Gasteiger partial charge in [-0.05, 0) is 27.7 Å². The summed E-state index contributed by atoms with van der Waals surface area (Å²) in [7, 11) is 0. The number of rotatable bonds is 5. The van der Waals surface area contributed by atoms with Crippen LogP contribution in [0, 0.1) is 0 Å². The maximum Gasteiger partial charge on any atom is 0.306 e. The lowest BCUT2D eigenvalue weighted by Gasteiger charge is -2.19. The Bertz CT molecular complexity index is 266. The minimum absolute atomic E-state index is 0.0777. The molecule has 0 aliphatic rings. The van der Waals surface area contributed by atoms with E-state index in [4.69, 9.17) is 4.74 Å². The van der Waals surface area contributed by atoms with Crippen molar-refractivity contribution in [3.05, 3.63) is 12.7 Å². The molecule has 0 spiro atoms. The van der Waals surface area contributed by atoms with Crippen LogP contribution >= 0.6 is 0 Å². The summed E-state index contributed by atoms with van der Waals surface area (Å²) in [5, 5.41) is 2.68. The second-order valence-corrected chi connectivity index (χ2v) is 4.68. The molecule has 1 atom stereocenters. The zero-order valence-electron chi connectivity index (χ0n) is 10.5. The molecule has 0 aromatic carbocycles. The lowest BCUT2D eigenvalue weighted by atomic mass is 10.2. The molecule has 4 nitrogen and oxygen atoms in total. The lowest BCUT2D eigenvalue weighted by Crippen LogP contribution is -2.31. The van der Waals surface area contributed by atoms with Gasteiger partial charge in [0, 0.05) is 12.5 Å². The van der Waals surface area contributed by atoms with Crippen molar-refractivity contribution in [2.75, 3.05) is 0 Å². The zero-order valence-corrected chi connectivity index (χ0v) is 10.5.